The van der Waals surface area contributed by atoms with Crippen molar-refractivity contribution in [1.29, 1.82) is 0 Å². The molecule has 2 N–H and O–H groups in total. The Hall–Kier alpha value is -1.06. The molecule has 0 aliphatic carbocycles. The van der Waals surface area contributed by atoms with E-state index in [1.165, 1.54) is 12.0 Å². The molecule has 3 nitrogen and oxygen atoms in total. The van der Waals surface area contributed by atoms with Crippen LogP contribution >= 0.6 is 0 Å². The van der Waals surface area contributed by atoms with Gasteiger partial charge in [-0.2, -0.15) is 0 Å². The monoisotopic (exact) mass is 248 g/mol. The lowest BCUT2D eigenvalue weighted by Crippen LogP contribution is -2.46. The fraction of sp³-hybridized carbons (Fsp3) is 0.600. The Labute approximate surface area is 110 Å². The molecule has 3 heteroatoms. The van der Waals surface area contributed by atoms with Crippen LogP contribution in [0.1, 0.15) is 25.3 Å². The van der Waals surface area contributed by atoms with E-state index in [9.17, 15) is 0 Å². The zero-order valence-corrected chi connectivity index (χ0v) is 11.4. The number of benzene rings is 1. The van der Waals surface area contributed by atoms with Crippen LogP contribution in [-0.4, -0.2) is 31.1 Å². The van der Waals surface area contributed by atoms with Gasteiger partial charge in [-0.15, -0.1) is 0 Å². The highest BCUT2D eigenvalue weighted by molar-refractivity contribution is 5.28. The maximum Gasteiger partial charge on any atom is 0.119 e. The van der Waals surface area contributed by atoms with Crippen molar-refractivity contribution in [2.45, 2.75) is 32.4 Å². The predicted octanol–water partition coefficient (Wildman–Crippen LogP) is 2.25. The van der Waals surface area contributed by atoms with E-state index in [0.29, 0.717) is 12.0 Å². The standard InChI is InChI=1S/C15H24N2O/c1-3-13-11-17(8-7-15(13)16)10-12-5-4-6-14(9-12)18-2/h4-6,9,13,15H,3,7-8,10-11,16H2,1-2H3. The molecule has 2 rings (SSSR count). The number of nitrogens with two attached hydrogens (primary N) is 1. The maximum atomic E-state index is 6.14. The Morgan fingerprint density at radius 2 is 2.28 bits per heavy atom. The van der Waals surface area contributed by atoms with Gasteiger partial charge >= 0.3 is 0 Å². The molecule has 0 bridgehead atoms. The highest BCUT2D eigenvalue weighted by Gasteiger charge is 2.25. The second kappa shape index (κ2) is 6.21. The largest absolute Gasteiger partial charge is 0.497 e. The fourth-order valence-electron chi connectivity index (χ4n) is 2.73. The molecule has 1 aliphatic heterocycles. The van der Waals surface area contributed by atoms with Crippen molar-refractivity contribution >= 4 is 0 Å². The summed E-state index contributed by atoms with van der Waals surface area (Å²) in [5.74, 6) is 1.58. The van der Waals surface area contributed by atoms with Gasteiger partial charge in [-0.25, -0.2) is 0 Å². The van der Waals surface area contributed by atoms with E-state index in [4.69, 9.17) is 10.5 Å². The van der Waals surface area contributed by atoms with Crippen molar-refractivity contribution in [3.8, 4) is 5.75 Å². The van der Waals surface area contributed by atoms with Crippen molar-refractivity contribution in [2.24, 2.45) is 11.7 Å². The molecule has 1 fully saturated rings. The summed E-state index contributed by atoms with van der Waals surface area (Å²) in [6.45, 7) is 5.46. The minimum atomic E-state index is 0.386. The minimum absolute atomic E-state index is 0.386. The third-order valence-electron chi connectivity index (χ3n) is 3.94. The second-order valence-electron chi connectivity index (χ2n) is 5.21. The summed E-state index contributed by atoms with van der Waals surface area (Å²) in [6.07, 6.45) is 2.29. The van der Waals surface area contributed by atoms with Crippen molar-refractivity contribution in [3.05, 3.63) is 29.8 Å². The Morgan fingerprint density at radius 1 is 1.44 bits per heavy atom. The van der Waals surface area contributed by atoms with Crippen molar-refractivity contribution in [1.82, 2.24) is 4.90 Å². The van der Waals surface area contributed by atoms with E-state index in [1.54, 1.807) is 7.11 Å². The molecule has 0 amide bonds. The van der Waals surface area contributed by atoms with E-state index in [-0.39, 0.29) is 0 Å². The van der Waals surface area contributed by atoms with Crippen LogP contribution in [0.15, 0.2) is 24.3 Å². The summed E-state index contributed by atoms with van der Waals surface area (Å²) < 4.78 is 5.26. The minimum Gasteiger partial charge on any atom is -0.497 e. The van der Waals surface area contributed by atoms with Crippen LogP contribution in [-0.2, 0) is 6.54 Å². The molecule has 1 heterocycles. The van der Waals surface area contributed by atoms with E-state index in [1.807, 2.05) is 6.07 Å². The molecule has 0 saturated carbocycles. The van der Waals surface area contributed by atoms with Crippen molar-refractivity contribution < 1.29 is 4.74 Å². The van der Waals surface area contributed by atoms with Gasteiger partial charge < -0.3 is 10.5 Å². The fourth-order valence-corrected chi connectivity index (χ4v) is 2.73. The number of methoxy groups -OCH3 is 1. The van der Waals surface area contributed by atoms with Crippen LogP contribution in [0.5, 0.6) is 5.75 Å². The zero-order valence-electron chi connectivity index (χ0n) is 11.4. The van der Waals surface area contributed by atoms with E-state index >= 15 is 0 Å². The first-order valence-electron chi connectivity index (χ1n) is 6.83. The smallest absolute Gasteiger partial charge is 0.119 e. The topological polar surface area (TPSA) is 38.5 Å². The molecule has 1 saturated heterocycles. The van der Waals surface area contributed by atoms with E-state index < -0.39 is 0 Å². The van der Waals surface area contributed by atoms with Gasteiger partial charge in [0.2, 0.25) is 0 Å². The summed E-state index contributed by atoms with van der Waals surface area (Å²) in [5.41, 5.74) is 7.46. The zero-order chi connectivity index (χ0) is 13.0. The van der Waals surface area contributed by atoms with Crippen molar-refractivity contribution in [3.63, 3.8) is 0 Å². The summed E-state index contributed by atoms with van der Waals surface area (Å²) in [4.78, 5) is 2.51. The van der Waals surface area contributed by atoms with Gasteiger partial charge in [-0.1, -0.05) is 25.5 Å². The Morgan fingerprint density at radius 3 is 3.00 bits per heavy atom. The first-order valence-corrected chi connectivity index (χ1v) is 6.83. The number of rotatable bonds is 4. The molecule has 0 radical (unpaired) electrons. The van der Waals surface area contributed by atoms with Crippen LogP contribution in [0.2, 0.25) is 0 Å². The van der Waals surface area contributed by atoms with Crippen LogP contribution in [0.4, 0.5) is 0 Å². The number of piperidine rings is 1. The Bertz CT molecular complexity index is 381. The van der Waals surface area contributed by atoms with Gasteiger partial charge in [-0.3, -0.25) is 4.90 Å². The first-order chi connectivity index (χ1) is 8.72. The normalized spacial score (nSPS) is 25.1. The maximum absolute atomic E-state index is 6.14. The predicted molar refractivity (Wildman–Crippen MR) is 74.6 cm³/mol. The molecule has 1 aromatic rings. The third kappa shape index (κ3) is 3.24. The molecule has 2 unspecified atom stereocenters. The molecule has 18 heavy (non-hydrogen) atoms. The molecule has 2 atom stereocenters. The summed E-state index contributed by atoms with van der Waals surface area (Å²) in [5, 5.41) is 0. The third-order valence-corrected chi connectivity index (χ3v) is 3.94. The van der Waals surface area contributed by atoms with Gasteiger partial charge in [0, 0.05) is 19.1 Å². The molecule has 0 aromatic heterocycles. The highest BCUT2D eigenvalue weighted by atomic mass is 16.5. The van der Waals surface area contributed by atoms with E-state index in [2.05, 4.69) is 30.0 Å². The van der Waals surface area contributed by atoms with Crippen LogP contribution in [0, 0.1) is 5.92 Å². The van der Waals surface area contributed by atoms with Gasteiger partial charge in [0.1, 0.15) is 5.75 Å². The number of hydrogen-bond acceptors (Lipinski definition) is 3. The Kier molecular flexibility index (Phi) is 4.61. The van der Waals surface area contributed by atoms with Crippen molar-refractivity contribution in [2.75, 3.05) is 20.2 Å². The van der Waals surface area contributed by atoms with E-state index in [0.717, 1.165) is 31.8 Å². The average molecular weight is 248 g/mol. The SMILES string of the molecule is CCC1CN(Cc2cccc(OC)c2)CCC1N. The summed E-state index contributed by atoms with van der Waals surface area (Å²) in [7, 11) is 1.71. The molecule has 0 spiro atoms. The summed E-state index contributed by atoms with van der Waals surface area (Å²) in [6, 6.07) is 8.72. The van der Waals surface area contributed by atoms with Gasteiger partial charge in [0.25, 0.3) is 0 Å². The van der Waals surface area contributed by atoms with Crippen LogP contribution < -0.4 is 10.5 Å². The highest BCUT2D eigenvalue weighted by Crippen LogP contribution is 2.21. The lowest BCUT2D eigenvalue weighted by Gasteiger charge is -2.36. The lowest BCUT2D eigenvalue weighted by molar-refractivity contribution is 0.145. The van der Waals surface area contributed by atoms with Gasteiger partial charge in [-0.05, 0) is 36.6 Å². The number of likely N-dealkylation sites (tertiary alicyclic amines) is 1. The summed E-state index contributed by atoms with van der Waals surface area (Å²) >= 11 is 0. The van der Waals surface area contributed by atoms with Crippen LogP contribution in [0.3, 0.4) is 0 Å². The molecule has 100 valence electrons. The van der Waals surface area contributed by atoms with Crippen LogP contribution in [0.25, 0.3) is 0 Å². The molecular formula is C15H24N2O. The molecule has 1 aromatic carbocycles. The molecular weight excluding hydrogens is 224 g/mol. The quantitative estimate of drug-likeness (QED) is 0.888. The number of ether oxygens (including phenoxy) is 1. The average Bonchev–Trinajstić information content (AvgIpc) is 2.41. The second-order valence-corrected chi connectivity index (χ2v) is 5.21. The Balaban J connectivity index is 1.96. The number of nitrogens with zero attached hydrogens (tertiary/aromatic N) is 1. The van der Waals surface area contributed by atoms with Gasteiger partial charge in [0.05, 0.1) is 7.11 Å². The first kappa shape index (κ1) is 13.4. The lowest BCUT2D eigenvalue weighted by atomic mass is 9.90. The van der Waals surface area contributed by atoms with Gasteiger partial charge in [0.15, 0.2) is 0 Å². The number of hydrogen-bond donors (Lipinski definition) is 1. The molecule has 1 aliphatic rings.